The number of hydrazone groups is 1. The summed E-state index contributed by atoms with van der Waals surface area (Å²) in [5, 5.41) is 22.3. The molecule has 1 aliphatic heterocycles. The molecule has 10 nitrogen and oxygen atoms in total. The molecule has 1 fully saturated rings. The second-order valence-corrected chi connectivity index (χ2v) is 9.73. The molecule has 1 aliphatic carbocycles. The number of carbonyl (C=O) groups excluding carboxylic acids is 1. The van der Waals surface area contributed by atoms with E-state index < -0.39 is 16.9 Å². The molecular weight excluding hydrogens is 510 g/mol. The van der Waals surface area contributed by atoms with Crippen molar-refractivity contribution in [1.29, 1.82) is 0 Å². The molecule has 2 heterocycles. The van der Waals surface area contributed by atoms with Crippen molar-refractivity contribution in [2.24, 2.45) is 11.0 Å². The van der Waals surface area contributed by atoms with Gasteiger partial charge in [0.15, 0.2) is 0 Å². The maximum Gasteiger partial charge on any atom is 0.320 e. The number of hydrogen-bond acceptors (Lipinski definition) is 7. The Morgan fingerprint density at radius 3 is 2.30 bits per heavy atom. The van der Waals surface area contributed by atoms with Gasteiger partial charge in [0.05, 0.1) is 29.9 Å². The van der Waals surface area contributed by atoms with Gasteiger partial charge in [-0.3, -0.25) is 19.6 Å². The van der Waals surface area contributed by atoms with Gasteiger partial charge < -0.3 is 9.47 Å². The zero-order chi connectivity index (χ0) is 28.2. The molecule has 0 bridgehead atoms. The lowest BCUT2D eigenvalue weighted by Crippen LogP contribution is -2.32. The van der Waals surface area contributed by atoms with Crippen molar-refractivity contribution >= 4 is 23.4 Å². The summed E-state index contributed by atoms with van der Waals surface area (Å²) >= 11 is 0. The van der Waals surface area contributed by atoms with Gasteiger partial charge in [0, 0.05) is 12.5 Å². The monoisotopic (exact) mass is 543 g/mol. The summed E-state index contributed by atoms with van der Waals surface area (Å²) in [6, 6.07) is 15.1. The molecule has 3 aromatic rings. The number of rotatable bonds is 9. The van der Waals surface area contributed by atoms with Crippen molar-refractivity contribution in [3.8, 4) is 11.5 Å². The van der Waals surface area contributed by atoms with Gasteiger partial charge in [0.25, 0.3) is 0 Å². The van der Waals surface area contributed by atoms with Crippen LogP contribution in [-0.4, -0.2) is 44.5 Å². The number of nitro groups is 1. The zero-order valence-electron chi connectivity index (χ0n) is 22.9. The largest absolute Gasteiger partial charge is 0.494 e. The van der Waals surface area contributed by atoms with E-state index in [0.717, 1.165) is 53.2 Å². The highest BCUT2D eigenvalue weighted by Crippen LogP contribution is 2.45. The van der Waals surface area contributed by atoms with Crippen LogP contribution in [0.2, 0.25) is 0 Å². The van der Waals surface area contributed by atoms with Gasteiger partial charge in [-0.15, -0.1) is 0 Å². The first-order chi connectivity index (χ1) is 19.4. The van der Waals surface area contributed by atoms with Crippen LogP contribution in [0.15, 0.2) is 65.4 Å². The summed E-state index contributed by atoms with van der Waals surface area (Å²) in [6.07, 6.45) is 6.01. The fourth-order valence-electron chi connectivity index (χ4n) is 5.42. The third-order valence-electron chi connectivity index (χ3n) is 7.24. The van der Waals surface area contributed by atoms with Crippen LogP contribution in [0.1, 0.15) is 67.7 Å². The van der Waals surface area contributed by atoms with Crippen molar-refractivity contribution in [2.75, 3.05) is 13.2 Å². The lowest BCUT2D eigenvalue weighted by molar-refractivity contribution is -0.385. The Labute approximate surface area is 233 Å². The average molecular weight is 544 g/mol. The fraction of sp³-hybridized carbons (Fsp3) is 0.367. The van der Waals surface area contributed by atoms with Gasteiger partial charge in [-0.05, 0) is 87.1 Å². The first kappa shape index (κ1) is 27.1. The Kier molecular flexibility index (Phi) is 7.95. The molecule has 2 atom stereocenters. The quantitative estimate of drug-likeness (QED) is 0.240. The molecule has 0 N–H and O–H groups in total. The summed E-state index contributed by atoms with van der Waals surface area (Å²) in [7, 11) is 0. The third kappa shape index (κ3) is 5.34. The predicted molar refractivity (Wildman–Crippen MR) is 151 cm³/mol. The smallest absolute Gasteiger partial charge is 0.320 e. The van der Waals surface area contributed by atoms with E-state index in [2.05, 4.69) is 11.2 Å². The van der Waals surface area contributed by atoms with E-state index in [1.165, 1.54) is 15.9 Å². The highest BCUT2D eigenvalue weighted by atomic mass is 16.6. The molecule has 2 aliphatic rings. The highest BCUT2D eigenvalue weighted by Gasteiger charge is 2.45. The van der Waals surface area contributed by atoms with E-state index in [4.69, 9.17) is 14.6 Å². The Morgan fingerprint density at radius 2 is 1.70 bits per heavy atom. The maximum absolute atomic E-state index is 13.9. The molecule has 10 heteroatoms. The van der Waals surface area contributed by atoms with Gasteiger partial charge in [-0.2, -0.15) is 10.2 Å². The third-order valence-corrected chi connectivity index (χ3v) is 7.24. The number of allylic oxidation sites excluding steroid dienone is 1. The Bertz CT molecular complexity index is 1440. The highest BCUT2D eigenvalue weighted by molar-refractivity contribution is 6.09. The minimum Gasteiger partial charge on any atom is -0.494 e. The van der Waals surface area contributed by atoms with E-state index in [0.29, 0.717) is 19.8 Å². The first-order valence-electron chi connectivity index (χ1n) is 13.7. The van der Waals surface area contributed by atoms with Gasteiger partial charge >= 0.3 is 11.6 Å². The van der Waals surface area contributed by atoms with E-state index in [1.807, 2.05) is 69.3 Å². The van der Waals surface area contributed by atoms with Gasteiger partial charge in [-0.1, -0.05) is 24.3 Å². The van der Waals surface area contributed by atoms with Crippen LogP contribution < -0.4 is 9.47 Å². The molecule has 1 aromatic heterocycles. The predicted octanol–water partition coefficient (Wildman–Crippen LogP) is 6.05. The number of aromatic nitrogens is 2. The molecular formula is C30H33N5O5. The number of nitrogens with zero attached hydrogens (tertiary/aromatic N) is 5. The van der Waals surface area contributed by atoms with E-state index in [-0.39, 0.29) is 17.3 Å². The number of aryl methyl sites for hydroxylation is 1. The summed E-state index contributed by atoms with van der Waals surface area (Å²) in [5.74, 6) is 0.905. The van der Waals surface area contributed by atoms with Crippen LogP contribution >= 0.6 is 0 Å². The molecule has 0 radical (unpaired) electrons. The second-order valence-electron chi connectivity index (χ2n) is 9.73. The van der Waals surface area contributed by atoms with Crippen molar-refractivity contribution in [3.05, 3.63) is 87.2 Å². The van der Waals surface area contributed by atoms with Crippen LogP contribution in [0.3, 0.4) is 0 Å². The lowest BCUT2D eigenvalue weighted by Gasteiger charge is -2.29. The number of amides is 1. The summed E-state index contributed by atoms with van der Waals surface area (Å²) in [6.45, 7) is 7.25. The minimum absolute atomic E-state index is 0.0584. The van der Waals surface area contributed by atoms with E-state index in [9.17, 15) is 14.9 Å². The fourth-order valence-corrected chi connectivity index (χ4v) is 5.42. The van der Waals surface area contributed by atoms with Gasteiger partial charge in [-0.25, -0.2) is 5.01 Å². The minimum atomic E-state index is -0.583. The summed E-state index contributed by atoms with van der Waals surface area (Å²) in [4.78, 5) is 25.2. The Morgan fingerprint density at radius 1 is 1.05 bits per heavy atom. The van der Waals surface area contributed by atoms with E-state index in [1.54, 1.807) is 0 Å². The molecule has 1 saturated carbocycles. The van der Waals surface area contributed by atoms with Crippen LogP contribution in [0.4, 0.5) is 5.69 Å². The molecule has 5 rings (SSSR count). The van der Waals surface area contributed by atoms with Crippen LogP contribution in [0.25, 0.3) is 6.08 Å². The molecule has 0 saturated heterocycles. The van der Waals surface area contributed by atoms with Crippen molar-refractivity contribution in [1.82, 2.24) is 14.8 Å². The molecule has 0 unspecified atom stereocenters. The lowest BCUT2D eigenvalue weighted by atomic mass is 9.77. The van der Waals surface area contributed by atoms with Crippen LogP contribution in [0, 0.1) is 16.0 Å². The molecule has 208 valence electrons. The number of ether oxygens (including phenoxy) is 2. The van der Waals surface area contributed by atoms with Crippen molar-refractivity contribution < 1.29 is 19.2 Å². The maximum atomic E-state index is 13.9. The molecule has 1 amide bonds. The van der Waals surface area contributed by atoms with Gasteiger partial charge in [0.1, 0.15) is 17.7 Å². The standard InChI is InChI=1S/C30H33N5O5/c1-4-33-19-26(35(37)38)28(31-33)30(36)34-29(21-12-16-24(17-13-21)40-6-3)25-9-7-8-22(27(25)32-34)18-20-10-14-23(15-11-20)39-5-2/h10-19,25,29H,4-9H2,1-3H3/b22-18+/t25-,29-/m0/s1. The SMILES string of the molecule is CCOc1ccc(/C=C2\CCC[C@H]3C2=NN(C(=O)c2nn(CC)cc2[N+](=O)[O-])[C@H]3c2ccc(OCC)cc2)cc1. The van der Waals surface area contributed by atoms with Crippen molar-refractivity contribution in [3.63, 3.8) is 0 Å². The summed E-state index contributed by atoms with van der Waals surface area (Å²) in [5.41, 5.74) is 3.27. The first-order valence-corrected chi connectivity index (χ1v) is 13.7. The second kappa shape index (κ2) is 11.7. The molecule has 40 heavy (non-hydrogen) atoms. The van der Waals surface area contributed by atoms with Crippen molar-refractivity contribution in [2.45, 2.75) is 52.6 Å². The molecule has 2 aromatic carbocycles. The number of fused-ring (bicyclic) bond motifs is 1. The van der Waals surface area contributed by atoms with Crippen LogP contribution in [0.5, 0.6) is 11.5 Å². The average Bonchev–Trinajstić information content (AvgIpc) is 3.58. The summed E-state index contributed by atoms with van der Waals surface area (Å²) < 4.78 is 12.6. The Balaban J connectivity index is 1.56. The van der Waals surface area contributed by atoms with E-state index >= 15 is 0 Å². The molecule has 0 spiro atoms. The zero-order valence-corrected chi connectivity index (χ0v) is 22.9. The van der Waals surface area contributed by atoms with Gasteiger partial charge in [0.2, 0.25) is 5.69 Å². The normalized spacial score (nSPS) is 19.3. The Hall–Kier alpha value is -4.47. The number of hydrogen-bond donors (Lipinski definition) is 0. The number of benzene rings is 2. The van der Waals surface area contributed by atoms with Crippen LogP contribution in [-0.2, 0) is 6.54 Å². The topological polar surface area (TPSA) is 112 Å². The number of carbonyl (C=O) groups is 1.